The molecule has 2 aromatic heterocycles. The van der Waals surface area contributed by atoms with E-state index in [1.165, 1.54) is 12.3 Å². The molecule has 0 saturated carbocycles. The molecule has 2 rings (SSSR count). The molecule has 0 aromatic carbocycles. The van der Waals surface area contributed by atoms with Crippen molar-refractivity contribution in [3.05, 3.63) is 28.2 Å². The average Bonchev–Trinajstić information content (AvgIpc) is 2.88. The highest BCUT2D eigenvalue weighted by atomic mass is 16.6. The number of H-pyrrole nitrogens is 1. The fraction of sp³-hybridized carbons (Fsp3) is 0.250. The van der Waals surface area contributed by atoms with Gasteiger partial charge in [0.15, 0.2) is 0 Å². The van der Waals surface area contributed by atoms with Crippen molar-refractivity contribution in [3.63, 3.8) is 0 Å². The van der Waals surface area contributed by atoms with Gasteiger partial charge >= 0.3 is 5.82 Å². The molecule has 10 heteroatoms. The number of carbonyl (C=O) groups is 1. The first kappa shape index (κ1) is 11.7. The van der Waals surface area contributed by atoms with Crippen LogP contribution in [0.15, 0.2) is 12.3 Å². The SMILES string of the molecule is Cc1nc(NC(=O)Cn2ccc([N+](=O)[O-])n2)n[nH]1. The Morgan fingerprint density at radius 3 is 3.00 bits per heavy atom. The Kier molecular flexibility index (Phi) is 3.00. The smallest absolute Gasteiger partial charge is 0.358 e. The first-order chi connectivity index (χ1) is 8.54. The van der Waals surface area contributed by atoms with Gasteiger partial charge in [0.1, 0.15) is 12.4 Å². The number of nitrogens with one attached hydrogen (secondary N) is 2. The third-order valence-electron chi connectivity index (χ3n) is 1.97. The van der Waals surface area contributed by atoms with Crippen LogP contribution in [0.25, 0.3) is 0 Å². The number of carbonyl (C=O) groups excluding carboxylic acids is 1. The Bertz CT molecular complexity index is 587. The summed E-state index contributed by atoms with van der Waals surface area (Å²) in [6.07, 6.45) is 1.35. The van der Waals surface area contributed by atoms with Gasteiger partial charge in [-0.2, -0.15) is 9.67 Å². The topological polar surface area (TPSA) is 132 Å². The molecule has 2 N–H and O–H groups in total. The molecule has 0 aliphatic carbocycles. The summed E-state index contributed by atoms with van der Waals surface area (Å²) in [5, 5.41) is 22.7. The molecule has 94 valence electrons. The second kappa shape index (κ2) is 4.61. The van der Waals surface area contributed by atoms with E-state index in [1.807, 2.05) is 0 Å². The fourth-order valence-corrected chi connectivity index (χ4v) is 1.25. The molecule has 1 amide bonds. The molecule has 10 nitrogen and oxygen atoms in total. The Morgan fingerprint density at radius 2 is 2.44 bits per heavy atom. The average molecular weight is 251 g/mol. The number of anilines is 1. The minimum Gasteiger partial charge on any atom is -0.358 e. The lowest BCUT2D eigenvalue weighted by Crippen LogP contribution is -2.19. The predicted octanol–water partition coefficient (Wildman–Crippen LogP) is -0.143. The number of aryl methyl sites for hydroxylation is 1. The maximum absolute atomic E-state index is 11.5. The molecule has 2 aromatic rings. The lowest BCUT2D eigenvalue weighted by Gasteiger charge is -1.97. The van der Waals surface area contributed by atoms with E-state index in [1.54, 1.807) is 6.92 Å². The van der Waals surface area contributed by atoms with Crippen LogP contribution in [0.5, 0.6) is 0 Å². The van der Waals surface area contributed by atoms with Crippen molar-refractivity contribution in [1.29, 1.82) is 0 Å². The molecule has 0 bridgehead atoms. The fourth-order valence-electron chi connectivity index (χ4n) is 1.25. The number of aromatic amines is 1. The van der Waals surface area contributed by atoms with Crippen LogP contribution in [-0.2, 0) is 11.3 Å². The van der Waals surface area contributed by atoms with Crippen molar-refractivity contribution >= 4 is 17.7 Å². The highest BCUT2D eigenvalue weighted by Crippen LogP contribution is 2.05. The van der Waals surface area contributed by atoms with Crippen LogP contribution >= 0.6 is 0 Å². The van der Waals surface area contributed by atoms with Crippen LogP contribution < -0.4 is 5.32 Å². The summed E-state index contributed by atoms with van der Waals surface area (Å²) in [5.41, 5.74) is 0. The molecule has 0 unspecified atom stereocenters. The zero-order valence-corrected chi connectivity index (χ0v) is 9.32. The molecular formula is C8H9N7O3. The summed E-state index contributed by atoms with van der Waals surface area (Å²) < 4.78 is 1.16. The summed E-state index contributed by atoms with van der Waals surface area (Å²) in [7, 11) is 0. The quantitative estimate of drug-likeness (QED) is 0.574. The zero-order valence-electron chi connectivity index (χ0n) is 9.32. The van der Waals surface area contributed by atoms with Crippen molar-refractivity contribution in [2.24, 2.45) is 0 Å². The van der Waals surface area contributed by atoms with Crippen molar-refractivity contribution in [2.45, 2.75) is 13.5 Å². The zero-order chi connectivity index (χ0) is 13.1. The van der Waals surface area contributed by atoms with E-state index >= 15 is 0 Å². The standard InChI is InChI=1S/C8H9N7O3/c1-5-9-8(12-11-5)10-7(16)4-14-3-2-6(13-14)15(17)18/h2-3H,4H2,1H3,(H2,9,10,11,12,16). The molecule has 0 radical (unpaired) electrons. The molecule has 0 fully saturated rings. The highest BCUT2D eigenvalue weighted by molar-refractivity contribution is 5.88. The molecule has 0 aliphatic rings. The summed E-state index contributed by atoms with van der Waals surface area (Å²) >= 11 is 0. The minimum atomic E-state index is -0.632. The minimum absolute atomic E-state index is 0.151. The second-order valence-corrected chi connectivity index (χ2v) is 3.42. The normalized spacial score (nSPS) is 10.3. The number of hydrogen-bond donors (Lipinski definition) is 2. The van der Waals surface area contributed by atoms with Crippen molar-refractivity contribution in [2.75, 3.05) is 5.32 Å². The number of nitrogens with zero attached hydrogens (tertiary/aromatic N) is 5. The molecule has 0 atom stereocenters. The van der Waals surface area contributed by atoms with Gasteiger partial charge in [-0.25, -0.2) is 0 Å². The van der Waals surface area contributed by atoms with Crippen molar-refractivity contribution in [1.82, 2.24) is 25.0 Å². The number of amides is 1. The van der Waals surface area contributed by atoms with E-state index in [4.69, 9.17) is 0 Å². The van der Waals surface area contributed by atoms with Crippen molar-refractivity contribution < 1.29 is 9.72 Å². The van der Waals surface area contributed by atoms with Gasteiger partial charge in [0.05, 0.1) is 17.4 Å². The number of hydrogen-bond acceptors (Lipinski definition) is 6. The molecule has 0 saturated heterocycles. The first-order valence-corrected chi connectivity index (χ1v) is 4.91. The van der Waals surface area contributed by atoms with Crippen LogP contribution in [0.3, 0.4) is 0 Å². The predicted molar refractivity (Wildman–Crippen MR) is 58.6 cm³/mol. The molecule has 2 heterocycles. The van der Waals surface area contributed by atoms with Gasteiger partial charge in [0.25, 0.3) is 5.91 Å². The van der Waals surface area contributed by atoms with Crippen LogP contribution in [0.1, 0.15) is 5.82 Å². The third-order valence-corrected chi connectivity index (χ3v) is 1.97. The summed E-state index contributed by atoms with van der Waals surface area (Å²) in [6, 6.07) is 1.21. The van der Waals surface area contributed by atoms with Crippen LogP contribution in [0.2, 0.25) is 0 Å². The summed E-state index contributed by atoms with van der Waals surface area (Å²) in [5.74, 6) is -0.0114. The maximum Gasteiger partial charge on any atom is 0.389 e. The number of nitro groups is 1. The first-order valence-electron chi connectivity index (χ1n) is 4.91. The van der Waals surface area contributed by atoms with Gasteiger partial charge in [0.2, 0.25) is 5.95 Å². The molecule has 0 spiro atoms. The number of aromatic nitrogens is 5. The van der Waals surface area contributed by atoms with Gasteiger partial charge in [-0.15, -0.1) is 5.10 Å². The second-order valence-electron chi connectivity index (χ2n) is 3.42. The van der Waals surface area contributed by atoms with Crippen LogP contribution in [0.4, 0.5) is 11.8 Å². The van der Waals surface area contributed by atoms with Crippen LogP contribution in [-0.4, -0.2) is 35.8 Å². The van der Waals surface area contributed by atoms with Gasteiger partial charge in [0, 0.05) is 0 Å². The Morgan fingerprint density at radius 1 is 1.67 bits per heavy atom. The Balaban J connectivity index is 1.96. The lowest BCUT2D eigenvalue weighted by molar-refractivity contribution is -0.389. The van der Waals surface area contributed by atoms with E-state index in [9.17, 15) is 14.9 Å². The largest absolute Gasteiger partial charge is 0.389 e. The van der Waals surface area contributed by atoms with E-state index in [-0.39, 0.29) is 18.3 Å². The number of rotatable bonds is 4. The Hall–Kier alpha value is -2.78. The van der Waals surface area contributed by atoms with E-state index in [0.29, 0.717) is 5.82 Å². The van der Waals surface area contributed by atoms with E-state index in [0.717, 1.165) is 4.68 Å². The third kappa shape index (κ3) is 2.66. The van der Waals surface area contributed by atoms with Crippen molar-refractivity contribution in [3.8, 4) is 0 Å². The van der Waals surface area contributed by atoms with Gasteiger partial charge in [-0.1, -0.05) is 0 Å². The molecule has 18 heavy (non-hydrogen) atoms. The van der Waals surface area contributed by atoms with Gasteiger partial charge < -0.3 is 10.1 Å². The monoisotopic (exact) mass is 251 g/mol. The summed E-state index contributed by atoms with van der Waals surface area (Å²) in [6.45, 7) is 1.54. The van der Waals surface area contributed by atoms with E-state index in [2.05, 4.69) is 25.6 Å². The highest BCUT2D eigenvalue weighted by Gasteiger charge is 2.14. The summed E-state index contributed by atoms with van der Waals surface area (Å²) in [4.78, 5) is 25.2. The Labute approximate surface area is 100 Å². The van der Waals surface area contributed by atoms with E-state index < -0.39 is 10.8 Å². The van der Waals surface area contributed by atoms with Gasteiger partial charge in [-0.05, 0) is 11.8 Å². The lowest BCUT2D eigenvalue weighted by atomic mass is 10.6. The van der Waals surface area contributed by atoms with Crippen LogP contribution in [0, 0.1) is 17.0 Å². The molecule has 0 aliphatic heterocycles. The maximum atomic E-state index is 11.5. The molecular weight excluding hydrogens is 242 g/mol. The van der Waals surface area contributed by atoms with Gasteiger partial charge in [-0.3, -0.25) is 15.2 Å².